The molecular formula is C14H10ClIO2. The maximum atomic E-state index is 12.4. The lowest BCUT2D eigenvalue weighted by molar-refractivity contribution is 0.103. The molecule has 2 rings (SSSR count). The van der Waals surface area contributed by atoms with Gasteiger partial charge in [0.05, 0.1) is 12.7 Å². The largest absolute Gasteiger partial charge is 0.496 e. The lowest BCUT2D eigenvalue weighted by Gasteiger charge is -2.08. The van der Waals surface area contributed by atoms with E-state index in [1.807, 2.05) is 18.2 Å². The van der Waals surface area contributed by atoms with Crippen molar-refractivity contribution >= 4 is 40.0 Å². The molecule has 0 spiro atoms. The topological polar surface area (TPSA) is 26.3 Å². The van der Waals surface area contributed by atoms with Gasteiger partial charge in [-0.2, -0.15) is 0 Å². The molecule has 0 aliphatic carbocycles. The molecule has 0 bridgehead atoms. The zero-order chi connectivity index (χ0) is 13.1. The minimum atomic E-state index is -0.0899. The summed E-state index contributed by atoms with van der Waals surface area (Å²) < 4.78 is 6.21. The first-order valence-corrected chi connectivity index (χ1v) is 6.71. The molecule has 18 heavy (non-hydrogen) atoms. The van der Waals surface area contributed by atoms with E-state index in [-0.39, 0.29) is 5.78 Å². The van der Waals surface area contributed by atoms with E-state index < -0.39 is 0 Å². The number of hydrogen-bond donors (Lipinski definition) is 0. The Hall–Kier alpha value is -1.07. The van der Waals surface area contributed by atoms with Crippen LogP contribution in [0.15, 0.2) is 42.5 Å². The van der Waals surface area contributed by atoms with Crippen molar-refractivity contribution in [3.63, 3.8) is 0 Å². The van der Waals surface area contributed by atoms with E-state index in [1.165, 1.54) is 7.11 Å². The van der Waals surface area contributed by atoms with Crippen molar-refractivity contribution in [3.05, 3.63) is 62.2 Å². The Labute approximate surface area is 124 Å². The maximum absolute atomic E-state index is 12.4. The number of benzene rings is 2. The lowest BCUT2D eigenvalue weighted by Crippen LogP contribution is -2.04. The monoisotopic (exact) mass is 372 g/mol. The van der Waals surface area contributed by atoms with Crippen LogP contribution in [0, 0.1) is 3.57 Å². The van der Waals surface area contributed by atoms with Crippen molar-refractivity contribution in [2.45, 2.75) is 0 Å². The Balaban J connectivity index is 2.48. The second kappa shape index (κ2) is 5.71. The van der Waals surface area contributed by atoms with Gasteiger partial charge in [-0.3, -0.25) is 4.79 Å². The van der Waals surface area contributed by atoms with E-state index in [4.69, 9.17) is 16.3 Å². The van der Waals surface area contributed by atoms with Gasteiger partial charge in [0.2, 0.25) is 0 Å². The summed E-state index contributed by atoms with van der Waals surface area (Å²) in [6, 6.07) is 12.4. The predicted molar refractivity (Wildman–Crippen MR) is 80.6 cm³/mol. The second-order valence-corrected chi connectivity index (χ2v) is 5.37. The van der Waals surface area contributed by atoms with Gasteiger partial charge in [-0.1, -0.05) is 23.7 Å². The third-order valence-electron chi connectivity index (χ3n) is 2.49. The lowest BCUT2D eigenvalue weighted by atomic mass is 10.0. The van der Waals surface area contributed by atoms with Crippen molar-refractivity contribution in [1.82, 2.24) is 0 Å². The molecule has 0 aliphatic heterocycles. The maximum Gasteiger partial charge on any atom is 0.196 e. The number of methoxy groups -OCH3 is 1. The molecule has 2 aromatic rings. The standard InChI is InChI=1S/C14H10ClIO2/c1-18-13-6-5-10(15)8-12(13)14(17)9-3-2-4-11(16)7-9/h2-8H,1H3. The van der Waals surface area contributed by atoms with Gasteiger partial charge in [0.1, 0.15) is 5.75 Å². The van der Waals surface area contributed by atoms with E-state index in [0.717, 1.165) is 3.57 Å². The number of halogens is 2. The molecule has 0 saturated carbocycles. The van der Waals surface area contributed by atoms with Crippen molar-refractivity contribution in [2.75, 3.05) is 7.11 Å². The Kier molecular flexibility index (Phi) is 4.24. The van der Waals surface area contributed by atoms with Crippen LogP contribution in [-0.4, -0.2) is 12.9 Å². The van der Waals surface area contributed by atoms with E-state index >= 15 is 0 Å². The van der Waals surface area contributed by atoms with Crippen molar-refractivity contribution in [3.8, 4) is 5.75 Å². The van der Waals surface area contributed by atoms with Crippen LogP contribution in [0.5, 0.6) is 5.75 Å². The summed E-state index contributed by atoms with van der Waals surface area (Å²) in [5.74, 6) is 0.441. The summed E-state index contributed by atoms with van der Waals surface area (Å²) in [6.45, 7) is 0. The molecule has 2 nitrogen and oxygen atoms in total. The first kappa shape index (κ1) is 13.4. The molecule has 0 aromatic heterocycles. The van der Waals surface area contributed by atoms with Crippen LogP contribution in [0.25, 0.3) is 0 Å². The summed E-state index contributed by atoms with van der Waals surface area (Å²) in [7, 11) is 1.54. The molecule has 0 aliphatic rings. The SMILES string of the molecule is COc1ccc(Cl)cc1C(=O)c1cccc(I)c1. The Bertz CT molecular complexity index is 596. The third kappa shape index (κ3) is 2.84. The molecule has 0 N–H and O–H groups in total. The molecule has 0 radical (unpaired) electrons. The minimum Gasteiger partial charge on any atom is -0.496 e. The van der Waals surface area contributed by atoms with Gasteiger partial charge >= 0.3 is 0 Å². The summed E-state index contributed by atoms with van der Waals surface area (Å²) in [5.41, 5.74) is 1.11. The highest BCUT2D eigenvalue weighted by Gasteiger charge is 2.15. The minimum absolute atomic E-state index is 0.0899. The first-order valence-electron chi connectivity index (χ1n) is 5.25. The van der Waals surface area contributed by atoms with Crippen molar-refractivity contribution in [1.29, 1.82) is 0 Å². The van der Waals surface area contributed by atoms with Crippen LogP contribution in [-0.2, 0) is 0 Å². The summed E-state index contributed by atoms with van der Waals surface area (Å²) in [5, 5.41) is 0.518. The number of carbonyl (C=O) groups excluding carboxylic acids is 1. The van der Waals surface area contributed by atoms with E-state index in [2.05, 4.69) is 22.6 Å². The zero-order valence-electron chi connectivity index (χ0n) is 9.61. The van der Waals surface area contributed by atoms with Crippen LogP contribution < -0.4 is 4.74 Å². The van der Waals surface area contributed by atoms with Gasteiger partial charge in [0.15, 0.2) is 5.78 Å². The highest BCUT2D eigenvalue weighted by Crippen LogP contribution is 2.25. The van der Waals surface area contributed by atoms with Gasteiger partial charge in [0.25, 0.3) is 0 Å². The van der Waals surface area contributed by atoms with Crippen LogP contribution in [0.2, 0.25) is 5.02 Å². The van der Waals surface area contributed by atoms with Gasteiger partial charge in [0, 0.05) is 14.2 Å². The highest BCUT2D eigenvalue weighted by molar-refractivity contribution is 14.1. The van der Waals surface area contributed by atoms with Crippen LogP contribution in [0.1, 0.15) is 15.9 Å². The number of hydrogen-bond acceptors (Lipinski definition) is 2. The van der Waals surface area contributed by atoms with Gasteiger partial charge in [-0.25, -0.2) is 0 Å². The molecule has 2 aromatic carbocycles. The first-order chi connectivity index (χ1) is 8.61. The Morgan fingerprint density at radius 2 is 2.00 bits per heavy atom. The fraction of sp³-hybridized carbons (Fsp3) is 0.0714. The smallest absolute Gasteiger partial charge is 0.196 e. The quantitative estimate of drug-likeness (QED) is 0.597. The summed E-state index contributed by atoms with van der Waals surface area (Å²) in [6.07, 6.45) is 0. The van der Waals surface area contributed by atoms with Gasteiger partial charge < -0.3 is 4.74 Å². The summed E-state index contributed by atoms with van der Waals surface area (Å²) >= 11 is 8.10. The normalized spacial score (nSPS) is 10.2. The molecule has 4 heteroatoms. The fourth-order valence-electron chi connectivity index (χ4n) is 1.64. The predicted octanol–water partition coefficient (Wildman–Crippen LogP) is 4.18. The second-order valence-electron chi connectivity index (χ2n) is 3.68. The van der Waals surface area contributed by atoms with Gasteiger partial charge in [-0.15, -0.1) is 0 Å². The van der Waals surface area contributed by atoms with E-state index in [9.17, 15) is 4.79 Å². The summed E-state index contributed by atoms with van der Waals surface area (Å²) in [4.78, 5) is 12.4. The van der Waals surface area contributed by atoms with Crippen molar-refractivity contribution in [2.24, 2.45) is 0 Å². The van der Waals surface area contributed by atoms with Crippen LogP contribution in [0.3, 0.4) is 0 Å². The Morgan fingerprint density at radius 1 is 1.22 bits per heavy atom. The molecule has 0 heterocycles. The third-order valence-corrected chi connectivity index (χ3v) is 3.40. The number of ether oxygens (including phenoxy) is 1. The molecule has 0 unspecified atom stereocenters. The van der Waals surface area contributed by atoms with Gasteiger partial charge in [-0.05, 0) is 52.9 Å². The zero-order valence-corrected chi connectivity index (χ0v) is 12.5. The number of ketones is 1. The average Bonchev–Trinajstić information content (AvgIpc) is 2.38. The van der Waals surface area contributed by atoms with E-state index in [1.54, 1.807) is 24.3 Å². The fourth-order valence-corrected chi connectivity index (χ4v) is 2.36. The number of rotatable bonds is 3. The van der Waals surface area contributed by atoms with Crippen LogP contribution in [0.4, 0.5) is 0 Å². The molecule has 0 atom stereocenters. The molecule has 0 fully saturated rings. The molecule has 92 valence electrons. The highest BCUT2D eigenvalue weighted by atomic mass is 127. The molecule has 0 saturated heterocycles. The van der Waals surface area contributed by atoms with Crippen LogP contribution >= 0.6 is 34.2 Å². The number of carbonyl (C=O) groups is 1. The van der Waals surface area contributed by atoms with E-state index in [0.29, 0.717) is 21.9 Å². The Morgan fingerprint density at radius 3 is 2.67 bits per heavy atom. The molecular weight excluding hydrogens is 363 g/mol. The average molecular weight is 373 g/mol. The van der Waals surface area contributed by atoms with Crippen molar-refractivity contribution < 1.29 is 9.53 Å². The molecule has 0 amide bonds.